The summed E-state index contributed by atoms with van der Waals surface area (Å²) in [4.78, 5) is 19.8. The Morgan fingerprint density at radius 3 is 2.81 bits per heavy atom. The molecule has 0 saturated carbocycles. The molecule has 0 amide bonds. The van der Waals surface area contributed by atoms with Gasteiger partial charge in [-0.25, -0.2) is 0 Å². The third-order valence-corrected chi connectivity index (χ3v) is 5.44. The summed E-state index contributed by atoms with van der Waals surface area (Å²) in [6, 6.07) is 7.65. The topological polar surface area (TPSA) is 82.7 Å². The number of aromatic nitrogens is 2. The quantitative estimate of drug-likeness (QED) is 0.807. The number of halogens is 1. The van der Waals surface area contributed by atoms with Gasteiger partial charge in [0.2, 0.25) is 11.7 Å². The van der Waals surface area contributed by atoms with Gasteiger partial charge in [-0.05, 0) is 64.0 Å². The van der Waals surface area contributed by atoms with Crippen molar-refractivity contribution in [2.45, 2.75) is 38.3 Å². The molecule has 2 heterocycles. The normalized spacial score (nSPS) is 19.8. The van der Waals surface area contributed by atoms with E-state index in [1.807, 2.05) is 24.1 Å². The Morgan fingerprint density at radius 2 is 2.11 bits per heavy atom. The molecule has 0 bridgehead atoms. The van der Waals surface area contributed by atoms with Gasteiger partial charge in [-0.3, -0.25) is 14.6 Å². The fraction of sp³-hybridized carbons (Fsp3) is 0.526. The van der Waals surface area contributed by atoms with Crippen LogP contribution in [0, 0.1) is 0 Å². The summed E-state index contributed by atoms with van der Waals surface area (Å²) in [6.45, 7) is 3.94. The number of likely N-dealkylation sites (tertiary alicyclic amines) is 1. The Morgan fingerprint density at radius 1 is 1.37 bits per heavy atom. The van der Waals surface area contributed by atoms with Gasteiger partial charge in [0.25, 0.3) is 0 Å². The predicted octanol–water partition coefficient (Wildman–Crippen LogP) is 3.32. The lowest BCUT2D eigenvalue weighted by Gasteiger charge is -2.27. The zero-order valence-corrected chi connectivity index (χ0v) is 16.4. The predicted molar refractivity (Wildman–Crippen MR) is 103 cm³/mol. The van der Waals surface area contributed by atoms with Crippen molar-refractivity contribution >= 4 is 17.6 Å². The van der Waals surface area contributed by atoms with Crippen molar-refractivity contribution in [3.05, 3.63) is 35.2 Å². The lowest BCUT2D eigenvalue weighted by molar-refractivity contribution is -0.138. The second-order valence-electron chi connectivity index (χ2n) is 7.07. The van der Waals surface area contributed by atoms with Crippen LogP contribution in [0.15, 0.2) is 28.8 Å². The highest BCUT2D eigenvalue weighted by Gasteiger charge is 2.27. The Hall–Kier alpha value is -1.96. The van der Waals surface area contributed by atoms with Crippen molar-refractivity contribution in [1.82, 2.24) is 19.9 Å². The van der Waals surface area contributed by atoms with Crippen LogP contribution in [0.2, 0.25) is 5.02 Å². The highest BCUT2D eigenvalue weighted by molar-refractivity contribution is 6.30. The molecule has 0 spiro atoms. The summed E-state index contributed by atoms with van der Waals surface area (Å²) >= 11 is 5.93. The third-order valence-electron chi connectivity index (χ3n) is 5.19. The average molecular weight is 393 g/mol. The Balaban J connectivity index is 1.63. The number of carboxylic acids is 1. The van der Waals surface area contributed by atoms with Gasteiger partial charge in [-0.1, -0.05) is 16.8 Å². The first-order valence-corrected chi connectivity index (χ1v) is 9.57. The molecule has 2 aromatic rings. The zero-order valence-electron chi connectivity index (χ0n) is 15.6. The van der Waals surface area contributed by atoms with E-state index in [0.717, 1.165) is 37.9 Å². The first-order valence-electron chi connectivity index (χ1n) is 9.19. The number of carboxylic acid groups (broad SMARTS) is 1. The molecule has 1 saturated heterocycles. The van der Waals surface area contributed by atoms with Crippen LogP contribution in [0.1, 0.15) is 38.1 Å². The molecular weight excluding hydrogens is 368 g/mol. The van der Waals surface area contributed by atoms with Crippen LogP contribution in [0.25, 0.3) is 11.4 Å². The van der Waals surface area contributed by atoms with Crippen LogP contribution in [-0.4, -0.2) is 63.7 Å². The lowest BCUT2D eigenvalue weighted by Crippen LogP contribution is -2.36. The van der Waals surface area contributed by atoms with Crippen LogP contribution in [0.4, 0.5) is 0 Å². The van der Waals surface area contributed by atoms with Crippen molar-refractivity contribution in [3.63, 3.8) is 0 Å². The SMILES string of the molecule is CC(c1nc(-c2ccc(Cl)cc2)no1)N1CCCC(N(C)CC(=O)O)CC1. The fourth-order valence-electron chi connectivity index (χ4n) is 3.55. The van der Waals surface area contributed by atoms with Gasteiger partial charge in [0.1, 0.15) is 0 Å². The van der Waals surface area contributed by atoms with Gasteiger partial charge in [-0.2, -0.15) is 4.98 Å². The largest absolute Gasteiger partial charge is 0.480 e. The van der Waals surface area contributed by atoms with Gasteiger partial charge in [0, 0.05) is 23.2 Å². The fourth-order valence-corrected chi connectivity index (χ4v) is 3.67. The molecule has 1 aliphatic rings. The number of hydrogen-bond donors (Lipinski definition) is 1. The smallest absolute Gasteiger partial charge is 0.317 e. The molecular formula is C19H25ClN4O3. The van der Waals surface area contributed by atoms with Crippen LogP contribution in [-0.2, 0) is 4.79 Å². The van der Waals surface area contributed by atoms with Crippen molar-refractivity contribution < 1.29 is 14.4 Å². The molecule has 3 rings (SSSR count). The maximum absolute atomic E-state index is 10.9. The number of aliphatic carboxylic acids is 1. The van der Waals surface area contributed by atoms with E-state index in [0.29, 0.717) is 16.7 Å². The summed E-state index contributed by atoms with van der Waals surface area (Å²) in [5, 5.41) is 13.8. The minimum absolute atomic E-state index is 0.0158. The Bertz CT molecular complexity index is 765. The third kappa shape index (κ3) is 5.06. The van der Waals surface area contributed by atoms with E-state index in [1.165, 1.54) is 0 Å². The van der Waals surface area contributed by atoms with E-state index in [1.54, 1.807) is 12.1 Å². The summed E-state index contributed by atoms with van der Waals surface area (Å²) in [5.41, 5.74) is 0.868. The molecule has 1 N–H and O–H groups in total. The Labute approximate surface area is 163 Å². The molecule has 1 fully saturated rings. The minimum Gasteiger partial charge on any atom is -0.480 e. The summed E-state index contributed by atoms with van der Waals surface area (Å²) in [5.74, 6) is 0.368. The van der Waals surface area contributed by atoms with E-state index in [2.05, 4.69) is 22.0 Å². The van der Waals surface area contributed by atoms with Gasteiger partial charge < -0.3 is 9.63 Å². The highest BCUT2D eigenvalue weighted by atomic mass is 35.5. The van der Waals surface area contributed by atoms with Crippen molar-refractivity contribution in [2.24, 2.45) is 0 Å². The molecule has 1 aromatic carbocycles. The van der Waals surface area contributed by atoms with Crippen LogP contribution < -0.4 is 0 Å². The van der Waals surface area contributed by atoms with Crippen molar-refractivity contribution in [1.29, 1.82) is 0 Å². The average Bonchev–Trinajstić information content (AvgIpc) is 2.98. The van der Waals surface area contributed by atoms with Gasteiger partial charge in [0.05, 0.1) is 12.6 Å². The first-order chi connectivity index (χ1) is 12.9. The number of hydrogen-bond acceptors (Lipinski definition) is 6. The molecule has 27 heavy (non-hydrogen) atoms. The summed E-state index contributed by atoms with van der Waals surface area (Å²) < 4.78 is 5.51. The van der Waals surface area contributed by atoms with Gasteiger partial charge in [0.15, 0.2) is 0 Å². The minimum atomic E-state index is -0.785. The van der Waals surface area contributed by atoms with E-state index >= 15 is 0 Å². The first kappa shape index (κ1) is 19.8. The van der Waals surface area contributed by atoms with Crippen LogP contribution >= 0.6 is 11.6 Å². The van der Waals surface area contributed by atoms with Crippen LogP contribution in [0.3, 0.4) is 0 Å². The molecule has 8 heteroatoms. The maximum atomic E-state index is 10.9. The van der Waals surface area contributed by atoms with E-state index in [9.17, 15) is 4.79 Å². The molecule has 1 aromatic heterocycles. The molecule has 146 valence electrons. The number of nitrogens with zero attached hydrogens (tertiary/aromatic N) is 4. The standard InChI is InChI=1S/C19H25ClN4O3/c1-13(19-21-18(22-27-19)14-5-7-15(20)8-6-14)24-10-3-4-16(9-11-24)23(2)12-17(25)26/h5-8,13,16H,3-4,9-12H2,1-2H3,(H,25,26). The summed E-state index contributed by atoms with van der Waals surface area (Å²) in [7, 11) is 1.88. The molecule has 2 unspecified atom stereocenters. The number of likely N-dealkylation sites (N-methyl/N-ethyl adjacent to an activating group) is 1. The maximum Gasteiger partial charge on any atom is 0.317 e. The van der Waals surface area contributed by atoms with E-state index in [-0.39, 0.29) is 18.6 Å². The zero-order chi connectivity index (χ0) is 19.4. The number of benzene rings is 1. The van der Waals surface area contributed by atoms with Crippen molar-refractivity contribution in [2.75, 3.05) is 26.7 Å². The van der Waals surface area contributed by atoms with Gasteiger partial charge >= 0.3 is 5.97 Å². The van der Waals surface area contributed by atoms with Crippen molar-refractivity contribution in [3.8, 4) is 11.4 Å². The number of rotatable bonds is 6. The molecule has 1 aliphatic heterocycles. The lowest BCUT2D eigenvalue weighted by atomic mass is 10.1. The summed E-state index contributed by atoms with van der Waals surface area (Å²) in [6.07, 6.45) is 2.93. The second-order valence-corrected chi connectivity index (χ2v) is 7.51. The second kappa shape index (κ2) is 8.82. The molecule has 0 radical (unpaired) electrons. The number of carbonyl (C=O) groups is 1. The van der Waals surface area contributed by atoms with E-state index < -0.39 is 5.97 Å². The monoisotopic (exact) mass is 392 g/mol. The molecule has 0 aliphatic carbocycles. The highest BCUT2D eigenvalue weighted by Crippen LogP contribution is 2.26. The molecule has 7 nitrogen and oxygen atoms in total. The van der Waals surface area contributed by atoms with Crippen LogP contribution in [0.5, 0.6) is 0 Å². The van der Waals surface area contributed by atoms with Gasteiger partial charge in [-0.15, -0.1) is 0 Å². The van der Waals surface area contributed by atoms with E-state index in [4.69, 9.17) is 21.2 Å². The Kier molecular flexibility index (Phi) is 6.46. The molecule has 2 atom stereocenters.